The molecule has 1 atom stereocenters. The molecule has 0 bridgehead atoms. The first-order valence-electron chi connectivity index (χ1n) is 14.3. The van der Waals surface area contributed by atoms with Crippen molar-refractivity contribution in [1.82, 2.24) is 0 Å². The Balaban J connectivity index is 1.58. The van der Waals surface area contributed by atoms with Crippen molar-refractivity contribution in [2.24, 2.45) is 0 Å². The van der Waals surface area contributed by atoms with Gasteiger partial charge in [0.15, 0.2) is 0 Å². The minimum Gasteiger partial charge on any atom is -0.497 e. The second-order valence-corrected chi connectivity index (χ2v) is 10.4. The molecular formula is C40H34O2. The summed E-state index contributed by atoms with van der Waals surface area (Å²) in [5.41, 5.74) is 7.75. The van der Waals surface area contributed by atoms with E-state index >= 15 is 0 Å². The molecule has 0 saturated heterocycles. The lowest BCUT2D eigenvalue weighted by Gasteiger charge is -2.37. The maximum absolute atomic E-state index is 6.00. The Morgan fingerprint density at radius 3 is 1.36 bits per heavy atom. The summed E-state index contributed by atoms with van der Waals surface area (Å²) in [7, 11) is 3.46. The van der Waals surface area contributed by atoms with Crippen LogP contribution < -0.4 is 9.47 Å². The van der Waals surface area contributed by atoms with E-state index in [1.165, 1.54) is 33.4 Å². The average molecular weight is 547 g/mol. The van der Waals surface area contributed by atoms with Crippen LogP contribution in [0.4, 0.5) is 0 Å². The molecular weight excluding hydrogens is 512 g/mol. The Kier molecular flexibility index (Phi) is 7.87. The molecule has 0 aliphatic rings. The molecule has 0 amide bonds. The Bertz CT molecular complexity index is 1670. The largest absolute Gasteiger partial charge is 0.497 e. The summed E-state index contributed by atoms with van der Waals surface area (Å²) in [5.74, 6) is 1.79. The van der Waals surface area contributed by atoms with Crippen molar-refractivity contribution in [1.29, 1.82) is 0 Å². The van der Waals surface area contributed by atoms with E-state index in [1.807, 2.05) is 18.2 Å². The summed E-state index contributed by atoms with van der Waals surface area (Å²) in [4.78, 5) is 0. The molecule has 0 radical (unpaired) electrons. The predicted octanol–water partition coefficient (Wildman–Crippen LogP) is 9.27. The summed E-state index contributed by atoms with van der Waals surface area (Å²) in [6.45, 7) is 0. The van der Waals surface area contributed by atoms with Gasteiger partial charge in [-0.1, -0.05) is 146 Å². The highest BCUT2D eigenvalue weighted by Gasteiger charge is 2.40. The van der Waals surface area contributed by atoms with Gasteiger partial charge in [-0.3, -0.25) is 0 Å². The van der Waals surface area contributed by atoms with Gasteiger partial charge < -0.3 is 9.47 Å². The first-order valence-corrected chi connectivity index (χ1v) is 14.3. The van der Waals surface area contributed by atoms with Crippen molar-refractivity contribution < 1.29 is 9.47 Å². The van der Waals surface area contributed by atoms with Gasteiger partial charge in [-0.25, -0.2) is 0 Å². The number of ether oxygens (including phenoxy) is 2. The van der Waals surface area contributed by atoms with Gasteiger partial charge in [-0.15, -0.1) is 0 Å². The number of benzene rings is 6. The van der Waals surface area contributed by atoms with E-state index in [-0.39, 0.29) is 5.92 Å². The normalized spacial score (nSPS) is 12.0. The third-order valence-electron chi connectivity index (χ3n) is 8.18. The van der Waals surface area contributed by atoms with Gasteiger partial charge in [-0.05, 0) is 51.6 Å². The zero-order valence-corrected chi connectivity index (χ0v) is 24.0. The third kappa shape index (κ3) is 4.97. The topological polar surface area (TPSA) is 18.5 Å². The smallest absolute Gasteiger partial charge is 0.123 e. The summed E-state index contributed by atoms with van der Waals surface area (Å²) in [5, 5.41) is 0. The number of methoxy groups -OCH3 is 2. The minimum atomic E-state index is -0.587. The van der Waals surface area contributed by atoms with Gasteiger partial charge in [0.2, 0.25) is 0 Å². The highest BCUT2D eigenvalue weighted by Crippen LogP contribution is 2.48. The zero-order valence-electron chi connectivity index (χ0n) is 24.0. The van der Waals surface area contributed by atoms with Crippen LogP contribution in [0.1, 0.15) is 44.9 Å². The first kappa shape index (κ1) is 27.1. The molecule has 6 aromatic rings. The van der Waals surface area contributed by atoms with Crippen LogP contribution in [0.15, 0.2) is 164 Å². The molecule has 0 heterocycles. The SMILES string of the molecule is COc1ccc(C(c2ccccc2)c2ccc(C(c3ccccc3)(c3ccccc3)c3ccccc3OC)cc2)cc1. The molecule has 42 heavy (non-hydrogen) atoms. The van der Waals surface area contributed by atoms with E-state index in [4.69, 9.17) is 9.47 Å². The number of hydrogen-bond donors (Lipinski definition) is 0. The molecule has 6 aromatic carbocycles. The summed E-state index contributed by atoms with van der Waals surface area (Å²) >= 11 is 0. The molecule has 0 saturated carbocycles. The molecule has 2 heteroatoms. The van der Waals surface area contributed by atoms with Gasteiger partial charge >= 0.3 is 0 Å². The van der Waals surface area contributed by atoms with Gasteiger partial charge in [-0.2, -0.15) is 0 Å². The van der Waals surface area contributed by atoms with E-state index < -0.39 is 5.41 Å². The van der Waals surface area contributed by atoms with Gasteiger partial charge in [0.1, 0.15) is 11.5 Å². The van der Waals surface area contributed by atoms with Crippen molar-refractivity contribution in [3.8, 4) is 11.5 Å². The molecule has 6 rings (SSSR count). The molecule has 0 spiro atoms. The maximum atomic E-state index is 6.00. The van der Waals surface area contributed by atoms with E-state index in [1.54, 1.807) is 14.2 Å². The molecule has 0 N–H and O–H groups in total. The van der Waals surface area contributed by atoms with Crippen molar-refractivity contribution in [3.05, 3.63) is 203 Å². The average Bonchev–Trinajstić information content (AvgIpc) is 3.08. The molecule has 1 unspecified atom stereocenters. The fraction of sp³-hybridized carbons (Fsp3) is 0.100. The quantitative estimate of drug-likeness (QED) is 0.168. The molecule has 0 fully saturated rings. The Hall–Kier alpha value is -5.08. The predicted molar refractivity (Wildman–Crippen MR) is 172 cm³/mol. The van der Waals surface area contributed by atoms with Gasteiger partial charge in [0, 0.05) is 11.5 Å². The third-order valence-corrected chi connectivity index (χ3v) is 8.18. The Morgan fingerprint density at radius 2 is 0.833 bits per heavy atom. The van der Waals surface area contributed by atoms with Crippen LogP contribution in [0.5, 0.6) is 11.5 Å². The first-order chi connectivity index (χ1) is 20.8. The van der Waals surface area contributed by atoms with Crippen LogP contribution in [0.2, 0.25) is 0 Å². The number of hydrogen-bond acceptors (Lipinski definition) is 2. The zero-order chi connectivity index (χ0) is 28.8. The molecule has 206 valence electrons. The van der Waals surface area contributed by atoms with E-state index in [0.29, 0.717) is 0 Å². The highest BCUT2D eigenvalue weighted by molar-refractivity contribution is 5.63. The molecule has 0 aliphatic carbocycles. The number of rotatable bonds is 9. The minimum absolute atomic E-state index is 0.0836. The lowest BCUT2D eigenvalue weighted by molar-refractivity contribution is 0.405. The molecule has 0 aliphatic heterocycles. The van der Waals surface area contributed by atoms with Crippen LogP contribution in [0.25, 0.3) is 0 Å². The van der Waals surface area contributed by atoms with Crippen LogP contribution in [-0.2, 0) is 5.41 Å². The Morgan fingerprint density at radius 1 is 0.405 bits per heavy atom. The molecule has 0 aromatic heterocycles. The lowest BCUT2D eigenvalue weighted by atomic mass is 9.64. The fourth-order valence-electron chi connectivity index (χ4n) is 6.24. The van der Waals surface area contributed by atoms with E-state index in [9.17, 15) is 0 Å². The van der Waals surface area contributed by atoms with Crippen molar-refractivity contribution in [2.75, 3.05) is 14.2 Å². The molecule has 2 nitrogen and oxygen atoms in total. The van der Waals surface area contributed by atoms with Crippen molar-refractivity contribution in [3.63, 3.8) is 0 Å². The lowest BCUT2D eigenvalue weighted by Crippen LogP contribution is -2.31. The summed E-state index contributed by atoms with van der Waals surface area (Å²) < 4.78 is 11.5. The van der Waals surface area contributed by atoms with E-state index in [2.05, 4.69) is 146 Å². The highest BCUT2D eigenvalue weighted by atomic mass is 16.5. The number of para-hydroxylation sites is 1. The summed E-state index contributed by atoms with van der Waals surface area (Å²) in [6.07, 6.45) is 0. The van der Waals surface area contributed by atoms with Crippen LogP contribution >= 0.6 is 0 Å². The second kappa shape index (κ2) is 12.2. The standard InChI is InChI=1S/C40H34O2/c1-41-36-28-24-32(25-29-36)39(30-14-6-3-7-15-30)31-22-26-35(27-23-31)40(33-16-8-4-9-17-33,34-18-10-5-11-19-34)37-20-12-13-21-38(37)42-2/h3-29,39H,1-2H3. The summed E-state index contributed by atoms with van der Waals surface area (Å²) in [6, 6.07) is 58.1. The monoisotopic (exact) mass is 546 g/mol. The van der Waals surface area contributed by atoms with Crippen molar-refractivity contribution >= 4 is 0 Å². The second-order valence-electron chi connectivity index (χ2n) is 10.4. The maximum Gasteiger partial charge on any atom is 0.123 e. The van der Waals surface area contributed by atoms with Gasteiger partial charge in [0.05, 0.1) is 19.6 Å². The Labute approximate surface area is 248 Å². The van der Waals surface area contributed by atoms with Gasteiger partial charge in [0.25, 0.3) is 0 Å². The van der Waals surface area contributed by atoms with Crippen molar-refractivity contribution in [2.45, 2.75) is 11.3 Å². The van der Waals surface area contributed by atoms with Crippen LogP contribution in [0.3, 0.4) is 0 Å². The van der Waals surface area contributed by atoms with Crippen LogP contribution in [0, 0.1) is 0 Å². The van der Waals surface area contributed by atoms with E-state index in [0.717, 1.165) is 17.1 Å². The fourth-order valence-corrected chi connectivity index (χ4v) is 6.24. The van der Waals surface area contributed by atoms with Crippen LogP contribution in [-0.4, -0.2) is 14.2 Å².